The molecule has 0 radical (unpaired) electrons. The van der Waals surface area contributed by atoms with Crippen molar-refractivity contribution in [2.24, 2.45) is 0 Å². The van der Waals surface area contributed by atoms with Gasteiger partial charge in [-0.1, -0.05) is 25.1 Å². The van der Waals surface area contributed by atoms with E-state index in [9.17, 15) is 14.4 Å². The van der Waals surface area contributed by atoms with Crippen LogP contribution in [0.25, 0.3) is 11.0 Å². The molecule has 1 aromatic carbocycles. The molecule has 0 saturated heterocycles. The van der Waals surface area contributed by atoms with Gasteiger partial charge in [0, 0.05) is 12.2 Å². The standard InChI is InChI=1S/C16H20N6O3S/c1-3-4-7-22-15(25)20-21-16(22)26-9(2)13(23)17-10-5-6-11-12(8-10)19-14(24)18-11/h5-6,8-9H,3-4,7H2,1-2H3,(H,17,23)(H,20,25)(H2,18,19,24). The van der Waals surface area contributed by atoms with E-state index >= 15 is 0 Å². The highest BCUT2D eigenvalue weighted by Gasteiger charge is 2.19. The molecule has 2 aromatic heterocycles. The van der Waals surface area contributed by atoms with E-state index in [1.807, 2.05) is 6.92 Å². The van der Waals surface area contributed by atoms with Gasteiger partial charge in [0.15, 0.2) is 5.16 Å². The molecule has 0 fully saturated rings. The van der Waals surface area contributed by atoms with Crippen LogP contribution in [-0.2, 0) is 11.3 Å². The molecule has 10 heteroatoms. The summed E-state index contributed by atoms with van der Waals surface area (Å²) in [6.07, 6.45) is 1.82. The number of imidazole rings is 1. The van der Waals surface area contributed by atoms with Crippen LogP contribution in [0.4, 0.5) is 5.69 Å². The van der Waals surface area contributed by atoms with Crippen molar-refractivity contribution in [3.8, 4) is 0 Å². The molecule has 4 N–H and O–H groups in total. The Morgan fingerprint density at radius 2 is 2.08 bits per heavy atom. The van der Waals surface area contributed by atoms with Gasteiger partial charge in [-0.3, -0.25) is 9.36 Å². The largest absolute Gasteiger partial charge is 0.343 e. The maximum atomic E-state index is 12.5. The van der Waals surface area contributed by atoms with Crippen molar-refractivity contribution in [1.82, 2.24) is 24.7 Å². The molecular weight excluding hydrogens is 356 g/mol. The SMILES string of the molecule is CCCCn1c(SC(C)C(=O)Nc2ccc3[nH]c(=O)[nH]c3c2)n[nH]c1=O. The third-order valence-electron chi connectivity index (χ3n) is 3.89. The minimum atomic E-state index is -0.452. The highest BCUT2D eigenvalue weighted by molar-refractivity contribution is 8.00. The molecule has 138 valence electrons. The maximum Gasteiger partial charge on any atom is 0.343 e. The number of aromatic amines is 3. The second-order valence-corrected chi connectivity index (χ2v) is 7.21. The molecule has 0 bridgehead atoms. The minimum absolute atomic E-state index is 0.218. The average Bonchev–Trinajstić information content (AvgIpc) is 3.14. The second-order valence-electron chi connectivity index (χ2n) is 5.91. The number of amides is 1. The van der Waals surface area contributed by atoms with Crippen molar-refractivity contribution in [3.05, 3.63) is 39.2 Å². The Labute approximate surface area is 152 Å². The summed E-state index contributed by atoms with van der Waals surface area (Å²) in [4.78, 5) is 40.9. The first-order chi connectivity index (χ1) is 12.5. The highest BCUT2D eigenvalue weighted by atomic mass is 32.2. The van der Waals surface area contributed by atoms with E-state index < -0.39 is 5.25 Å². The second kappa shape index (κ2) is 7.65. The van der Waals surface area contributed by atoms with E-state index in [1.165, 1.54) is 11.8 Å². The number of aromatic nitrogens is 5. The number of nitrogens with zero attached hydrogens (tertiary/aromatic N) is 2. The molecular formula is C16H20N6O3S. The summed E-state index contributed by atoms with van der Waals surface area (Å²) in [5, 5.41) is 9.29. The van der Waals surface area contributed by atoms with Gasteiger partial charge in [0.25, 0.3) is 0 Å². The first kappa shape index (κ1) is 18.1. The lowest BCUT2D eigenvalue weighted by Gasteiger charge is -2.12. The zero-order valence-electron chi connectivity index (χ0n) is 14.5. The lowest BCUT2D eigenvalue weighted by molar-refractivity contribution is -0.115. The quantitative estimate of drug-likeness (QED) is 0.466. The van der Waals surface area contributed by atoms with Gasteiger partial charge < -0.3 is 15.3 Å². The minimum Gasteiger partial charge on any atom is -0.325 e. The van der Waals surface area contributed by atoms with Crippen LogP contribution in [0.15, 0.2) is 32.9 Å². The van der Waals surface area contributed by atoms with E-state index in [-0.39, 0.29) is 17.3 Å². The molecule has 0 saturated carbocycles. The molecule has 0 spiro atoms. The number of unbranched alkanes of at least 4 members (excludes halogenated alkanes) is 1. The van der Waals surface area contributed by atoms with Crippen molar-refractivity contribution >= 4 is 34.4 Å². The van der Waals surface area contributed by atoms with Crippen molar-refractivity contribution < 1.29 is 4.79 Å². The molecule has 0 aliphatic rings. The third-order valence-corrected chi connectivity index (χ3v) is 4.98. The number of hydrogen-bond donors (Lipinski definition) is 4. The Hall–Kier alpha value is -2.75. The molecule has 26 heavy (non-hydrogen) atoms. The van der Waals surface area contributed by atoms with E-state index in [4.69, 9.17) is 0 Å². The topological polar surface area (TPSA) is 128 Å². The van der Waals surface area contributed by atoms with Gasteiger partial charge in [0.05, 0.1) is 16.3 Å². The number of carbonyl (C=O) groups excluding carboxylic acids is 1. The number of H-pyrrole nitrogens is 3. The van der Waals surface area contributed by atoms with Crippen LogP contribution in [-0.4, -0.2) is 35.9 Å². The molecule has 3 rings (SSSR count). The normalized spacial score (nSPS) is 12.4. The molecule has 0 aliphatic carbocycles. The van der Waals surface area contributed by atoms with Gasteiger partial charge in [-0.15, -0.1) is 5.10 Å². The summed E-state index contributed by atoms with van der Waals surface area (Å²) >= 11 is 1.22. The highest BCUT2D eigenvalue weighted by Crippen LogP contribution is 2.22. The van der Waals surface area contributed by atoms with Gasteiger partial charge in [-0.05, 0) is 31.5 Å². The number of anilines is 1. The predicted octanol–water partition coefficient (Wildman–Crippen LogP) is 1.66. The van der Waals surface area contributed by atoms with E-state index in [2.05, 4.69) is 25.5 Å². The van der Waals surface area contributed by atoms with Crippen LogP contribution >= 0.6 is 11.8 Å². The fraction of sp³-hybridized carbons (Fsp3) is 0.375. The van der Waals surface area contributed by atoms with Gasteiger partial charge in [0.1, 0.15) is 0 Å². The Balaban J connectivity index is 1.69. The van der Waals surface area contributed by atoms with Crippen LogP contribution in [0, 0.1) is 0 Å². The Bertz CT molecular complexity index is 1030. The van der Waals surface area contributed by atoms with Gasteiger partial charge in [0.2, 0.25) is 5.91 Å². The number of carbonyl (C=O) groups is 1. The summed E-state index contributed by atoms with van der Waals surface area (Å²) < 4.78 is 1.55. The summed E-state index contributed by atoms with van der Waals surface area (Å²) in [5.41, 5.74) is 1.31. The maximum absolute atomic E-state index is 12.5. The lowest BCUT2D eigenvalue weighted by Crippen LogP contribution is -2.24. The van der Waals surface area contributed by atoms with Crippen LogP contribution in [0.1, 0.15) is 26.7 Å². The van der Waals surface area contributed by atoms with E-state index in [0.29, 0.717) is 28.4 Å². The van der Waals surface area contributed by atoms with E-state index in [0.717, 1.165) is 12.8 Å². The lowest BCUT2D eigenvalue weighted by atomic mass is 10.2. The van der Waals surface area contributed by atoms with Crippen molar-refractivity contribution in [3.63, 3.8) is 0 Å². The van der Waals surface area contributed by atoms with Gasteiger partial charge in [-0.2, -0.15) is 0 Å². The first-order valence-corrected chi connectivity index (χ1v) is 9.20. The number of benzene rings is 1. The first-order valence-electron chi connectivity index (χ1n) is 8.32. The molecule has 0 aliphatic heterocycles. The fourth-order valence-electron chi connectivity index (χ4n) is 2.47. The molecule has 3 aromatic rings. The van der Waals surface area contributed by atoms with Gasteiger partial charge in [-0.25, -0.2) is 14.7 Å². The number of thioether (sulfide) groups is 1. The Morgan fingerprint density at radius 3 is 2.85 bits per heavy atom. The van der Waals surface area contributed by atoms with E-state index in [1.54, 1.807) is 29.7 Å². The zero-order valence-corrected chi connectivity index (χ0v) is 15.3. The van der Waals surface area contributed by atoms with Crippen LogP contribution in [0.2, 0.25) is 0 Å². The summed E-state index contributed by atoms with van der Waals surface area (Å²) in [7, 11) is 0. The van der Waals surface area contributed by atoms with Gasteiger partial charge >= 0.3 is 11.4 Å². The number of nitrogens with one attached hydrogen (secondary N) is 4. The monoisotopic (exact) mass is 376 g/mol. The van der Waals surface area contributed by atoms with Crippen molar-refractivity contribution in [2.45, 2.75) is 43.6 Å². The molecule has 9 nitrogen and oxygen atoms in total. The van der Waals surface area contributed by atoms with Crippen LogP contribution < -0.4 is 16.7 Å². The molecule has 1 amide bonds. The number of fused-ring (bicyclic) bond motifs is 1. The van der Waals surface area contributed by atoms with Crippen molar-refractivity contribution in [1.29, 1.82) is 0 Å². The average molecular weight is 376 g/mol. The predicted molar refractivity (Wildman–Crippen MR) is 101 cm³/mol. The molecule has 1 atom stereocenters. The smallest absolute Gasteiger partial charge is 0.325 e. The van der Waals surface area contributed by atoms with Crippen LogP contribution in [0.3, 0.4) is 0 Å². The zero-order chi connectivity index (χ0) is 18.7. The number of rotatable bonds is 7. The van der Waals surface area contributed by atoms with Crippen LogP contribution in [0.5, 0.6) is 0 Å². The molecule has 1 unspecified atom stereocenters. The molecule has 2 heterocycles. The summed E-state index contributed by atoms with van der Waals surface area (Å²) in [6.45, 7) is 4.36. The Kier molecular flexibility index (Phi) is 5.31. The Morgan fingerprint density at radius 1 is 1.31 bits per heavy atom. The summed E-state index contributed by atoms with van der Waals surface area (Å²) in [6, 6.07) is 5.12. The fourth-order valence-corrected chi connectivity index (χ4v) is 3.35. The summed E-state index contributed by atoms with van der Waals surface area (Å²) in [5.74, 6) is -0.218. The van der Waals surface area contributed by atoms with Crippen molar-refractivity contribution in [2.75, 3.05) is 5.32 Å². The number of hydrogen-bond acceptors (Lipinski definition) is 5. The third kappa shape index (κ3) is 3.90.